The highest BCUT2D eigenvalue weighted by Crippen LogP contribution is 2.29. The summed E-state index contributed by atoms with van der Waals surface area (Å²) in [4.78, 5) is 6.96. The van der Waals surface area contributed by atoms with Crippen molar-refractivity contribution < 1.29 is 0 Å². The van der Waals surface area contributed by atoms with Crippen LogP contribution in [0.4, 0.5) is 0 Å². The van der Waals surface area contributed by atoms with Gasteiger partial charge in [0, 0.05) is 19.6 Å². The van der Waals surface area contributed by atoms with Gasteiger partial charge in [0.1, 0.15) is 0 Å². The van der Waals surface area contributed by atoms with Crippen LogP contribution in [0.3, 0.4) is 0 Å². The van der Waals surface area contributed by atoms with Crippen molar-refractivity contribution in [3.8, 4) is 0 Å². The minimum absolute atomic E-state index is 0.763. The third-order valence-electron chi connectivity index (χ3n) is 4.76. The van der Waals surface area contributed by atoms with E-state index in [0.29, 0.717) is 0 Å². The van der Waals surface area contributed by atoms with Crippen LogP contribution in [0.25, 0.3) is 0 Å². The van der Waals surface area contributed by atoms with E-state index >= 15 is 0 Å². The van der Waals surface area contributed by atoms with Gasteiger partial charge in [0.25, 0.3) is 0 Å². The fourth-order valence-electron chi connectivity index (χ4n) is 3.37. The molecule has 0 bridgehead atoms. The van der Waals surface area contributed by atoms with E-state index < -0.39 is 0 Å². The summed E-state index contributed by atoms with van der Waals surface area (Å²) >= 11 is 0. The highest BCUT2D eigenvalue weighted by Gasteiger charge is 2.22. The van der Waals surface area contributed by atoms with Crippen LogP contribution in [-0.2, 0) is 0 Å². The van der Waals surface area contributed by atoms with Crippen LogP contribution in [-0.4, -0.2) is 30.5 Å². The van der Waals surface area contributed by atoms with Crippen molar-refractivity contribution in [1.82, 2.24) is 4.90 Å². The summed E-state index contributed by atoms with van der Waals surface area (Å²) in [6.45, 7) is 7.81. The number of aliphatic imine (C=N–C) groups is 1. The first kappa shape index (κ1) is 13.7. The van der Waals surface area contributed by atoms with Crippen molar-refractivity contribution >= 4 is 5.96 Å². The Balaban J connectivity index is 1.83. The van der Waals surface area contributed by atoms with E-state index in [9.17, 15) is 0 Å². The quantitative estimate of drug-likeness (QED) is 0.605. The van der Waals surface area contributed by atoms with E-state index in [1.165, 1.54) is 38.5 Å². The number of hydrogen-bond donors (Lipinski definition) is 1. The highest BCUT2D eigenvalue weighted by molar-refractivity contribution is 5.78. The van der Waals surface area contributed by atoms with Gasteiger partial charge in [0.15, 0.2) is 5.96 Å². The Hall–Kier alpha value is -0.730. The summed E-state index contributed by atoms with van der Waals surface area (Å²) < 4.78 is 0. The second-order valence-electron chi connectivity index (χ2n) is 6.41. The minimum Gasteiger partial charge on any atom is -0.370 e. The first-order valence-corrected chi connectivity index (χ1v) is 7.71. The summed E-state index contributed by atoms with van der Waals surface area (Å²) in [5.41, 5.74) is 6.15. The van der Waals surface area contributed by atoms with Crippen molar-refractivity contribution in [2.45, 2.75) is 52.4 Å². The zero-order valence-electron chi connectivity index (χ0n) is 12.1. The van der Waals surface area contributed by atoms with Crippen LogP contribution in [0.5, 0.6) is 0 Å². The Labute approximate surface area is 112 Å². The second kappa shape index (κ2) is 6.44. The molecule has 2 rings (SSSR count). The monoisotopic (exact) mass is 251 g/mol. The number of hydrogen-bond acceptors (Lipinski definition) is 1. The van der Waals surface area contributed by atoms with E-state index in [4.69, 9.17) is 5.73 Å². The standard InChI is InChI=1S/C15H29N3/c1-12-6-5-9-18(11-12)15(16)17-10-14-8-4-3-7-13(14)2/h12-14H,3-11H2,1-2H3,(H2,16,17). The van der Waals surface area contributed by atoms with Gasteiger partial charge in [-0.3, -0.25) is 4.99 Å². The average Bonchev–Trinajstić information content (AvgIpc) is 2.37. The van der Waals surface area contributed by atoms with Gasteiger partial charge in [-0.1, -0.05) is 33.1 Å². The Morgan fingerprint density at radius 2 is 1.94 bits per heavy atom. The number of nitrogens with zero attached hydrogens (tertiary/aromatic N) is 2. The maximum absolute atomic E-state index is 6.15. The van der Waals surface area contributed by atoms with Crippen molar-refractivity contribution in [3.63, 3.8) is 0 Å². The lowest BCUT2D eigenvalue weighted by atomic mass is 9.80. The van der Waals surface area contributed by atoms with Crippen LogP contribution in [0.2, 0.25) is 0 Å². The zero-order valence-corrected chi connectivity index (χ0v) is 12.1. The molecule has 2 fully saturated rings. The normalized spacial score (nSPS) is 34.7. The molecular formula is C15H29N3. The summed E-state index contributed by atoms with van der Waals surface area (Å²) in [5, 5.41) is 0. The first-order chi connectivity index (χ1) is 8.66. The Bertz CT molecular complexity index is 287. The Kier molecular flexibility index (Phi) is 4.90. The molecule has 3 nitrogen and oxygen atoms in total. The lowest BCUT2D eigenvalue weighted by Crippen LogP contribution is -2.43. The lowest BCUT2D eigenvalue weighted by molar-refractivity contribution is 0.255. The Morgan fingerprint density at radius 1 is 1.17 bits per heavy atom. The molecule has 0 spiro atoms. The molecule has 2 N–H and O–H groups in total. The SMILES string of the molecule is CC1CCCN(C(N)=NCC2CCCCC2C)C1. The zero-order chi connectivity index (χ0) is 13.0. The van der Waals surface area contributed by atoms with Gasteiger partial charge in [0.05, 0.1) is 0 Å². The summed E-state index contributed by atoms with van der Waals surface area (Å²) in [5.74, 6) is 3.15. The number of rotatable bonds is 2. The maximum Gasteiger partial charge on any atom is 0.191 e. The van der Waals surface area contributed by atoms with Crippen LogP contribution in [0, 0.1) is 17.8 Å². The molecule has 0 radical (unpaired) electrons. The molecule has 2 aliphatic rings. The number of piperidine rings is 1. The molecule has 3 unspecified atom stereocenters. The number of guanidine groups is 1. The van der Waals surface area contributed by atoms with Crippen LogP contribution in [0.15, 0.2) is 4.99 Å². The third-order valence-corrected chi connectivity index (χ3v) is 4.76. The second-order valence-corrected chi connectivity index (χ2v) is 6.41. The lowest BCUT2D eigenvalue weighted by Gasteiger charge is -2.32. The molecule has 1 saturated carbocycles. The molecule has 3 atom stereocenters. The average molecular weight is 251 g/mol. The molecule has 1 saturated heterocycles. The predicted molar refractivity (Wildman–Crippen MR) is 77.6 cm³/mol. The van der Waals surface area contributed by atoms with Gasteiger partial charge >= 0.3 is 0 Å². The van der Waals surface area contributed by atoms with Gasteiger partial charge in [-0.15, -0.1) is 0 Å². The van der Waals surface area contributed by atoms with E-state index in [0.717, 1.165) is 43.3 Å². The largest absolute Gasteiger partial charge is 0.370 e. The summed E-state index contributed by atoms with van der Waals surface area (Å²) in [6, 6.07) is 0. The molecule has 1 aliphatic heterocycles. The molecule has 0 aromatic carbocycles. The van der Waals surface area contributed by atoms with E-state index in [2.05, 4.69) is 23.7 Å². The molecule has 0 amide bonds. The molecule has 1 heterocycles. The third kappa shape index (κ3) is 3.63. The van der Waals surface area contributed by atoms with Crippen LogP contribution < -0.4 is 5.73 Å². The van der Waals surface area contributed by atoms with E-state index in [1.54, 1.807) is 0 Å². The summed E-state index contributed by atoms with van der Waals surface area (Å²) in [7, 11) is 0. The predicted octanol–water partition coefficient (Wildman–Crippen LogP) is 2.86. The van der Waals surface area contributed by atoms with Gasteiger partial charge < -0.3 is 10.6 Å². The maximum atomic E-state index is 6.15. The van der Waals surface area contributed by atoms with Gasteiger partial charge in [-0.2, -0.15) is 0 Å². The van der Waals surface area contributed by atoms with Gasteiger partial charge in [-0.05, 0) is 37.0 Å². The Morgan fingerprint density at radius 3 is 2.67 bits per heavy atom. The molecular weight excluding hydrogens is 222 g/mol. The smallest absolute Gasteiger partial charge is 0.191 e. The molecule has 0 aromatic heterocycles. The van der Waals surface area contributed by atoms with Gasteiger partial charge in [-0.25, -0.2) is 0 Å². The fraction of sp³-hybridized carbons (Fsp3) is 0.933. The van der Waals surface area contributed by atoms with Crippen molar-refractivity contribution in [1.29, 1.82) is 0 Å². The highest BCUT2D eigenvalue weighted by atomic mass is 15.3. The van der Waals surface area contributed by atoms with Gasteiger partial charge in [0.2, 0.25) is 0 Å². The molecule has 1 aliphatic carbocycles. The number of likely N-dealkylation sites (tertiary alicyclic amines) is 1. The van der Waals surface area contributed by atoms with Crippen molar-refractivity contribution in [2.24, 2.45) is 28.5 Å². The topological polar surface area (TPSA) is 41.6 Å². The van der Waals surface area contributed by atoms with Crippen molar-refractivity contribution in [3.05, 3.63) is 0 Å². The minimum atomic E-state index is 0.763. The summed E-state index contributed by atoms with van der Waals surface area (Å²) in [6.07, 6.45) is 8.10. The molecule has 104 valence electrons. The molecule has 18 heavy (non-hydrogen) atoms. The van der Waals surface area contributed by atoms with E-state index in [-0.39, 0.29) is 0 Å². The van der Waals surface area contributed by atoms with Crippen LogP contribution in [0.1, 0.15) is 52.4 Å². The van der Waals surface area contributed by atoms with E-state index in [1.807, 2.05) is 0 Å². The number of nitrogens with two attached hydrogens (primary N) is 1. The molecule has 0 aromatic rings. The fourth-order valence-corrected chi connectivity index (χ4v) is 3.37. The van der Waals surface area contributed by atoms with Crippen LogP contribution >= 0.6 is 0 Å². The first-order valence-electron chi connectivity index (χ1n) is 7.71. The molecule has 3 heteroatoms. The van der Waals surface area contributed by atoms with Crippen molar-refractivity contribution in [2.75, 3.05) is 19.6 Å².